The van der Waals surface area contributed by atoms with Gasteiger partial charge in [0, 0.05) is 19.0 Å². The van der Waals surface area contributed by atoms with Crippen LogP contribution < -0.4 is 16.0 Å². The third-order valence-corrected chi connectivity index (χ3v) is 4.74. The molecule has 1 rings (SSSR count). The lowest BCUT2D eigenvalue weighted by atomic mass is 10.1. The van der Waals surface area contributed by atoms with Crippen molar-refractivity contribution >= 4 is 17.6 Å². The molecule has 0 aliphatic heterocycles. The summed E-state index contributed by atoms with van der Waals surface area (Å²) in [5, 5.41) is 9.08. The van der Waals surface area contributed by atoms with E-state index in [1.54, 1.807) is 0 Å². The molecule has 2 atom stereocenters. The third kappa shape index (κ3) is 10.8. The maximum atomic E-state index is 12.2. The van der Waals surface area contributed by atoms with Crippen LogP contribution in [0.15, 0.2) is 30.3 Å². The summed E-state index contributed by atoms with van der Waals surface area (Å²) in [4.78, 5) is 35.0. The number of urea groups is 1. The lowest BCUT2D eigenvalue weighted by molar-refractivity contribution is -0.119. The number of rotatable bonds is 14. The number of hydrogen-bond acceptors (Lipinski definition) is 4. The lowest BCUT2D eigenvalue weighted by Crippen LogP contribution is -2.48. The highest BCUT2D eigenvalue weighted by Gasteiger charge is 2.19. The zero-order valence-electron chi connectivity index (χ0n) is 17.4. The summed E-state index contributed by atoms with van der Waals surface area (Å²) in [6.45, 7) is 6.76. The quantitative estimate of drug-likeness (QED) is 0.426. The Morgan fingerprint density at radius 1 is 0.964 bits per heavy atom. The van der Waals surface area contributed by atoms with E-state index in [1.165, 1.54) is 19.4 Å². The van der Waals surface area contributed by atoms with Crippen molar-refractivity contribution in [2.45, 2.75) is 77.9 Å². The molecule has 0 heterocycles. The molecule has 0 fully saturated rings. The summed E-state index contributed by atoms with van der Waals surface area (Å²) in [5.41, 5.74) is 1.28. The minimum Gasteiger partial charge on any atom is -0.335 e. The molecule has 0 aliphatic rings. The van der Waals surface area contributed by atoms with Crippen molar-refractivity contribution in [2.24, 2.45) is 0 Å². The van der Waals surface area contributed by atoms with Crippen LogP contribution >= 0.6 is 0 Å². The zero-order valence-corrected chi connectivity index (χ0v) is 17.4. The average Bonchev–Trinajstić information content (AvgIpc) is 2.67. The summed E-state index contributed by atoms with van der Waals surface area (Å²) in [7, 11) is 0. The second-order valence-electron chi connectivity index (χ2n) is 7.29. The Bertz CT molecular complexity index is 604. The van der Waals surface area contributed by atoms with Crippen LogP contribution in [0.25, 0.3) is 0 Å². The van der Waals surface area contributed by atoms with Gasteiger partial charge in [0.15, 0.2) is 5.78 Å². The van der Waals surface area contributed by atoms with Gasteiger partial charge in [0.05, 0.1) is 6.04 Å². The van der Waals surface area contributed by atoms with E-state index >= 15 is 0 Å². The number of ketones is 2. The third-order valence-electron chi connectivity index (χ3n) is 4.74. The second kappa shape index (κ2) is 13.9. The molecule has 28 heavy (non-hydrogen) atoms. The monoisotopic (exact) mass is 389 g/mol. The molecule has 6 nitrogen and oxygen atoms in total. The maximum absolute atomic E-state index is 12.2. The predicted molar refractivity (Wildman–Crippen MR) is 112 cm³/mol. The van der Waals surface area contributed by atoms with Crippen LogP contribution in [-0.4, -0.2) is 36.2 Å². The topological polar surface area (TPSA) is 87.3 Å². The fraction of sp³-hybridized carbons (Fsp3) is 0.591. The van der Waals surface area contributed by atoms with E-state index < -0.39 is 6.04 Å². The van der Waals surface area contributed by atoms with E-state index in [0.29, 0.717) is 6.42 Å². The average molecular weight is 390 g/mol. The minimum absolute atomic E-state index is 0.0146. The van der Waals surface area contributed by atoms with Gasteiger partial charge in [-0.25, -0.2) is 4.79 Å². The summed E-state index contributed by atoms with van der Waals surface area (Å²) < 4.78 is 0. The van der Waals surface area contributed by atoms with Crippen molar-refractivity contribution in [3.8, 4) is 0 Å². The van der Waals surface area contributed by atoms with Gasteiger partial charge in [-0.3, -0.25) is 4.79 Å². The van der Waals surface area contributed by atoms with Gasteiger partial charge in [-0.1, -0.05) is 43.7 Å². The highest BCUT2D eigenvalue weighted by atomic mass is 16.2. The molecule has 0 saturated carbocycles. The first kappa shape index (κ1) is 23.8. The molecule has 0 aliphatic carbocycles. The Morgan fingerprint density at radius 2 is 1.68 bits per heavy atom. The summed E-state index contributed by atoms with van der Waals surface area (Å²) >= 11 is 0. The van der Waals surface area contributed by atoms with Crippen molar-refractivity contribution in [3.05, 3.63) is 35.9 Å². The molecule has 0 bridgehead atoms. The Kier molecular flexibility index (Phi) is 11.8. The molecular weight excluding hydrogens is 354 g/mol. The molecule has 2 unspecified atom stereocenters. The number of unbranched alkanes of at least 4 members (excludes halogenated alkanes) is 1. The smallest absolute Gasteiger partial charge is 0.315 e. The molecule has 6 heteroatoms. The number of carbonyl (C=O) groups is 3. The minimum atomic E-state index is -0.608. The zero-order chi connectivity index (χ0) is 20.8. The molecule has 0 saturated heterocycles. The predicted octanol–water partition coefficient (Wildman–Crippen LogP) is 3.35. The van der Waals surface area contributed by atoms with E-state index in [1.807, 2.05) is 25.1 Å². The highest BCUT2D eigenvalue weighted by Crippen LogP contribution is 2.06. The fourth-order valence-electron chi connectivity index (χ4n) is 2.96. The first-order valence-corrected chi connectivity index (χ1v) is 10.2. The van der Waals surface area contributed by atoms with Crippen molar-refractivity contribution in [1.29, 1.82) is 0 Å². The number of amides is 2. The van der Waals surface area contributed by atoms with Gasteiger partial charge < -0.3 is 20.7 Å². The number of nitrogens with one attached hydrogen (secondary N) is 3. The van der Waals surface area contributed by atoms with Crippen LogP contribution in [-0.2, 0) is 16.1 Å². The first-order chi connectivity index (χ1) is 13.4. The number of benzene rings is 1. The van der Waals surface area contributed by atoms with E-state index in [4.69, 9.17) is 0 Å². The van der Waals surface area contributed by atoms with Crippen LogP contribution in [0.2, 0.25) is 0 Å². The molecule has 0 spiro atoms. The van der Waals surface area contributed by atoms with E-state index in [9.17, 15) is 14.4 Å². The molecule has 1 aromatic carbocycles. The van der Waals surface area contributed by atoms with Crippen molar-refractivity contribution in [3.63, 3.8) is 0 Å². The van der Waals surface area contributed by atoms with E-state index in [0.717, 1.165) is 38.8 Å². The fourth-order valence-corrected chi connectivity index (χ4v) is 2.96. The highest BCUT2D eigenvalue weighted by molar-refractivity contribution is 5.87. The van der Waals surface area contributed by atoms with Gasteiger partial charge in [0.2, 0.25) is 0 Å². The van der Waals surface area contributed by atoms with Crippen molar-refractivity contribution in [1.82, 2.24) is 16.0 Å². The lowest BCUT2D eigenvalue weighted by Gasteiger charge is -2.20. The second-order valence-corrected chi connectivity index (χ2v) is 7.29. The Morgan fingerprint density at radius 3 is 2.29 bits per heavy atom. The SMILES string of the molecule is CCC(CCCCNCc1ccccc1)NC(=O)NC(CCC(C)=O)C(C)=O. The van der Waals surface area contributed by atoms with E-state index in [-0.39, 0.29) is 30.1 Å². The Labute approximate surface area is 168 Å². The van der Waals surface area contributed by atoms with E-state index in [2.05, 4.69) is 28.1 Å². The summed E-state index contributed by atoms with van der Waals surface area (Å²) in [6.07, 6.45) is 4.43. The normalized spacial score (nSPS) is 12.8. The van der Waals surface area contributed by atoms with Crippen LogP contribution in [0.5, 0.6) is 0 Å². The van der Waals surface area contributed by atoms with Gasteiger partial charge in [-0.2, -0.15) is 0 Å². The summed E-state index contributed by atoms with van der Waals surface area (Å²) in [5.74, 6) is -0.116. The number of hydrogen-bond donors (Lipinski definition) is 3. The molecule has 2 amide bonds. The Balaban J connectivity index is 2.23. The number of Topliss-reactive ketones (excluding diaryl/α,β-unsaturated/α-hetero) is 2. The van der Waals surface area contributed by atoms with Gasteiger partial charge in [-0.05, 0) is 51.6 Å². The van der Waals surface area contributed by atoms with Gasteiger partial charge in [0.25, 0.3) is 0 Å². The van der Waals surface area contributed by atoms with Crippen molar-refractivity contribution in [2.75, 3.05) is 6.54 Å². The number of carbonyl (C=O) groups excluding carboxylic acids is 3. The largest absolute Gasteiger partial charge is 0.335 e. The molecule has 0 aromatic heterocycles. The van der Waals surface area contributed by atoms with Gasteiger partial charge in [0.1, 0.15) is 5.78 Å². The molecule has 3 N–H and O–H groups in total. The van der Waals surface area contributed by atoms with Crippen LogP contribution in [0.3, 0.4) is 0 Å². The standard InChI is InChI=1S/C22H35N3O3/c1-4-20(12-8-9-15-23-16-19-10-6-5-7-11-19)24-22(28)25-21(18(3)27)14-13-17(2)26/h5-7,10-11,20-21,23H,4,8-9,12-16H2,1-3H3,(H2,24,25,28). The molecular formula is C22H35N3O3. The van der Waals surface area contributed by atoms with Gasteiger partial charge in [-0.15, -0.1) is 0 Å². The molecule has 156 valence electrons. The maximum Gasteiger partial charge on any atom is 0.315 e. The van der Waals surface area contributed by atoms with Gasteiger partial charge >= 0.3 is 6.03 Å². The summed E-state index contributed by atoms with van der Waals surface area (Å²) in [6, 6.07) is 9.43. The first-order valence-electron chi connectivity index (χ1n) is 10.2. The van der Waals surface area contributed by atoms with Crippen LogP contribution in [0, 0.1) is 0 Å². The molecule has 1 aromatic rings. The molecule has 0 radical (unpaired) electrons. The van der Waals surface area contributed by atoms with Crippen LogP contribution in [0.4, 0.5) is 4.79 Å². The Hall–Kier alpha value is -2.21. The van der Waals surface area contributed by atoms with Crippen LogP contribution in [0.1, 0.15) is 64.9 Å². The van der Waals surface area contributed by atoms with Crippen molar-refractivity contribution < 1.29 is 14.4 Å².